The van der Waals surface area contributed by atoms with E-state index in [1.165, 1.54) is 18.4 Å². The van der Waals surface area contributed by atoms with E-state index >= 15 is 0 Å². The molecule has 0 saturated heterocycles. The Labute approximate surface area is 80.3 Å². The van der Waals surface area contributed by atoms with Crippen molar-refractivity contribution in [2.24, 2.45) is 16.3 Å². The van der Waals surface area contributed by atoms with Crippen LogP contribution in [0.1, 0.15) is 26.7 Å². The van der Waals surface area contributed by atoms with Crippen molar-refractivity contribution in [2.75, 3.05) is 0 Å². The zero-order valence-electron chi connectivity index (χ0n) is 8.46. The molecule has 1 aliphatic heterocycles. The summed E-state index contributed by atoms with van der Waals surface area (Å²) in [5, 5.41) is 0. The Kier molecular flexibility index (Phi) is 1.90. The average Bonchev–Trinajstić information content (AvgIpc) is 2.39. The van der Waals surface area contributed by atoms with E-state index in [2.05, 4.69) is 31.5 Å². The van der Waals surface area contributed by atoms with Gasteiger partial charge in [-0.2, -0.15) is 0 Å². The number of hydrogen-bond donors (Lipinski definition) is 0. The van der Waals surface area contributed by atoms with Gasteiger partial charge in [0, 0.05) is 6.21 Å². The van der Waals surface area contributed by atoms with Gasteiger partial charge in [0.15, 0.2) is 0 Å². The molecular formula is C12H17N. The second-order valence-corrected chi connectivity index (χ2v) is 4.70. The number of aliphatic imine (C=N–C) groups is 1. The van der Waals surface area contributed by atoms with Crippen molar-refractivity contribution in [1.29, 1.82) is 0 Å². The third kappa shape index (κ3) is 1.27. The van der Waals surface area contributed by atoms with E-state index in [-0.39, 0.29) is 0 Å². The average molecular weight is 175 g/mol. The first kappa shape index (κ1) is 8.74. The SMILES string of the molecule is C=C1/C=C\C=NC2CCC1C2(C)C. The third-order valence-corrected chi connectivity index (χ3v) is 3.60. The molecule has 2 aliphatic rings. The van der Waals surface area contributed by atoms with Gasteiger partial charge in [0.25, 0.3) is 0 Å². The first-order chi connectivity index (χ1) is 6.12. The van der Waals surface area contributed by atoms with Crippen molar-refractivity contribution in [3.8, 4) is 0 Å². The molecule has 2 atom stereocenters. The second-order valence-electron chi connectivity index (χ2n) is 4.70. The molecule has 13 heavy (non-hydrogen) atoms. The molecule has 2 rings (SSSR count). The van der Waals surface area contributed by atoms with Crippen LogP contribution in [0.5, 0.6) is 0 Å². The van der Waals surface area contributed by atoms with Crippen LogP contribution in [0.25, 0.3) is 0 Å². The lowest BCUT2D eigenvalue weighted by molar-refractivity contribution is 0.268. The van der Waals surface area contributed by atoms with Crippen LogP contribution in [0, 0.1) is 11.3 Å². The number of fused-ring (bicyclic) bond motifs is 2. The highest BCUT2D eigenvalue weighted by atomic mass is 14.8. The molecule has 1 saturated carbocycles. The topological polar surface area (TPSA) is 12.4 Å². The molecule has 0 aromatic carbocycles. The molecule has 0 amide bonds. The van der Waals surface area contributed by atoms with Crippen LogP contribution in [0.15, 0.2) is 29.3 Å². The molecule has 1 aliphatic carbocycles. The highest BCUT2D eigenvalue weighted by Crippen LogP contribution is 2.48. The quantitative estimate of drug-likeness (QED) is 0.536. The molecule has 1 nitrogen and oxygen atoms in total. The van der Waals surface area contributed by atoms with Gasteiger partial charge in [0.1, 0.15) is 0 Å². The van der Waals surface area contributed by atoms with E-state index in [1.54, 1.807) is 0 Å². The summed E-state index contributed by atoms with van der Waals surface area (Å²) in [7, 11) is 0. The highest BCUT2D eigenvalue weighted by Gasteiger charge is 2.43. The van der Waals surface area contributed by atoms with Gasteiger partial charge < -0.3 is 0 Å². The smallest absolute Gasteiger partial charge is 0.0556 e. The molecule has 0 spiro atoms. The summed E-state index contributed by atoms with van der Waals surface area (Å²) in [6, 6.07) is 0.499. The van der Waals surface area contributed by atoms with Crippen LogP contribution >= 0.6 is 0 Å². The largest absolute Gasteiger partial charge is 0.289 e. The van der Waals surface area contributed by atoms with Crippen LogP contribution in [0.2, 0.25) is 0 Å². The molecule has 0 radical (unpaired) electrons. The van der Waals surface area contributed by atoms with Crippen molar-refractivity contribution in [3.05, 3.63) is 24.3 Å². The van der Waals surface area contributed by atoms with Crippen LogP contribution in [0.3, 0.4) is 0 Å². The standard InChI is InChI=1S/C12H17N/c1-9-5-4-8-13-11-7-6-10(9)12(11,2)3/h4-5,8,10-11H,1,6-7H2,2-3H3/b5-4-,13-8?. The molecule has 1 heterocycles. The Morgan fingerprint density at radius 2 is 2.23 bits per heavy atom. The van der Waals surface area contributed by atoms with E-state index in [0.29, 0.717) is 17.4 Å². The lowest BCUT2D eigenvalue weighted by atomic mass is 9.75. The van der Waals surface area contributed by atoms with E-state index < -0.39 is 0 Å². The molecule has 1 heteroatoms. The molecule has 70 valence electrons. The summed E-state index contributed by atoms with van der Waals surface area (Å²) in [5.74, 6) is 0.631. The van der Waals surface area contributed by atoms with Crippen molar-refractivity contribution < 1.29 is 0 Å². The van der Waals surface area contributed by atoms with Crippen molar-refractivity contribution in [1.82, 2.24) is 0 Å². The van der Waals surface area contributed by atoms with Crippen LogP contribution < -0.4 is 0 Å². The molecule has 1 fully saturated rings. The Hall–Kier alpha value is -0.850. The lowest BCUT2D eigenvalue weighted by Gasteiger charge is -2.32. The van der Waals surface area contributed by atoms with Gasteiger partial charge in [0.2, 0.25) is 0 Å². The number of rotatable bonds is 0. The number of nitrogens with zero attached hydrogens (tertiary/aromatic N) is 1. The van der Waals surface area contributed by atoms with E-state index in [9.17, 15) is 0 Å². The summed E-state index contributed by atoms with van der Waals surface area (Å²) < 4.78 is 0. The summed E-state index contributed by atoms with van der Waals surface area (Å²) in [5.41, 5.74) is 1.58. The van der Waals surface area contributed by atoms with Gasteiger partial charge in [-0.05, 0) is 30.3 Å². The van der Waals surface area contributed by atoms with Gasteiger partial charge >= 0.3 is 0 Å². The maximum Gasteiger partial charge on any atom is 0.0556 e. The Bertz CT molecular complexity index is 283. The molecule has 0 aromatic heterocycles. The first-order valence-electron chi connectivity index (χ1n) is 5.01. The number of allylic oxidation sites excluding steroid dienone is 3. The minimum Gasteiger partial charge on any atom is -0.289 e. The summed E-state index contributed by atoms with van der Waals surface area (Å²) in [6.45, 7) is 8.77. The summed E-state index contributed by atoms with van der Waals surface area (Å²) >= 11 is 0. The lowest BCUT2D eigenvalue weighted by Crippen LogP contribution is -2.29. The maximum absolute atomic E-state index is 4.58. The molecule has 0 N–H and O–H groups in total. The number of hydrogen-bond acceptors (Lipinski definition) is 1. The van der Waals surface area contributed by atoms with Crippen molar-refractivity contribution >= 4 is 6.21 Å². The minimum absolute atomic E-state index is 0.304. The Morgan fingerprint density at radius 3 is 3.00 bits per heavy atom. The molecule has 2 bridgehead atoms. The predicted octanol–water partition coefficient (Wildman–Crippen LogP) is 2.99. The first-order valence-corrected chi connectivity index (χ1v) is 5.01. The zero-order chi connectivity index (χ0) is 9.47. The zero-order valence-corrected chi connectivity index (χ0v) is 8.46. The van der Waals surface area contributed by atoms with Gasteiger partial charge in [-0.15, -0.1) is 0 Å². The van der Waals surface area contributed by atoms with E-state index in [1.807, 2.05) is 12.3 Å². The van der Waals surface area contributed by atoms with Gasteiger partial charge in [-0.1, -0.05) is 32.1 Å². The third-order valence-electron chi connectivity index (χ3n) is 3.60. The van der Waals surface area contributed by atoms with Gasteiger partial charge in [-0.25, -0.2) is 0 Å². The Balaban J connectivity index is 2.41. The fourth-order valence-electron chi connectivity index (χ4n) is 2.67. The maximum atomic E-state index is 4.58. The fraction of sp³-hybridized carbons (Fsp3) is 0.583. The van der Waals surface area contributed by atoms with Crippen molar-refractivity contribution in [2.45, 2.75) is 32.7 Å². The molecule has 0 aromatic rings. The molecular weight excluding hydrogens is 158 g/mol. The normalized spacial score (nSPS) is 38.5. The second kappa shape index (κ2) is 2.83. The van der Waals surface area contributed by atoms with E-state index in [0.717, 1.165) is 0 Å². The fourth-order valence-corrected chi connectivity index (χ4v) is 2.67. The summed E-state index contributed by atoms with van der Waals surface area (Å²) in [6.07, 6.45) is 8.52. The monoisotopic (exact) mass is 175 g/mol. The highest BCUT2D eigenvalue weighted by molar-refractivity contribution is 5.72. The van der Waals surface area contributed by atoms with Crippen LogP contribution in [-0.2, 0) is 0 Å². The van der Waals surface area contributed by atoms with Gasteiger partial charge in [-0.3, -0.25) is 4.99 Å². The predicted molar refractivity (Wildman–Crippen MR) is 57.1 cm³/mol. The van der Waals surface area contributed by atoms with E-state index in [4.69, 9.17) is 0 Å². The molecule has 2 unspecified atom stereocenters. The minimum atomic E-state index is 0.304. The van der Waals surface area contributed by atoms with Gasteiger partial charge in [0.05, 0.1) is 6.04 Å². The summed E-state index contributed by atoms with van der Waals surface area (Å²) in [4.78, 5) is 4.58. The Morgan fingerprint density at radius 1 is 1.46 bits per heavy atom. The van der Waals surface area contributed by atoms with Crippen LogP contribution in [-0.4, -0.2) is 12.3 Å². The van der Waals surface area contributed by atoms with Crippen LogP contribution in [0.4, 0.5) is 0 Å². The van der Waals surface area contributed by atoms with Crippen molar-refractivity contribution in [3.63, 3.8) is 0 Å².